The first-order chi connectivity index (χ1) is 10.1. The van der Waals surface area contributed by atoms with E-state index < -0.39 is 0 Å². The fraction of sp³-hybridized carbons (Fsp3) is 0.600. The zero-order chi connectivity index (χ0) is 15.0. The van der Waals surface area contributed by atoms with Crippen LogP contribution < -0.4 is 5.73 Å². The minimum atomic E-state index is 0.450. The van der Waals surface area contributed by atoms with Crippen molar-refractivity contribution >= 4 is 27.4 Å². The number of hydrogen-bond donors (Lipinski definition) is 1. The van der Waals surface area contributed by atoms with Crippen molar-refractivity contribution in [2.75, 3.05) is 25.5 Å². The highest BCUT2D eigenvalue weighted by Crippen LogP contribution is 2.32. The number of morpholine rings is 1. The molecule has 0 aromatic carbocycles. The summed E-state index contributed by atoms with van der Waals surface area (Å²) in [6.07, 6.45) is 1.08. The number of ether oxygens (including phenoxy) is 1. The fourth-order valence-corrected chi connectivity index (χ4v) is 3.91. The number of thiophene rings is 1. The summed E-state index contributed by atoms with van der Waals surface area (Å²) in [6.45, 7) is 9.65. The molecule has 2 aromatic heterocycles. The van der Waals surface area contributed by atoms with E-state index in [9.17, 15) is 0 Å². The first kappa shape index (κ1) is 14.7. The molecule has 1 saturated heterocycles. The van der Waals surface area contributed by atoms with E-state index in [1.54, 1.807) is 11.3 Å². The molecule has 2 aromatic rings. The van der Waals surface area contributed by atoms with Crippen LogP contribution in [0.2, 0.25) is 0 Å². The maximum atomic E-state index is 6.16. The minimum absolute atomic E-state index is 0.450. The molecule has 0 bridgehead atoms. The second-order valence-corrected chi connectivity index (χ2v) is 6.80. The maximum absolute atomic E-state index is 6.16. The highest BCUT2D eigenvalue weighted by Gasteiger charge is 2.23. The average molecular weight is 306 g/mol. The van der Waals surface area contributed by atoms with Crippen molar-refractivity contribution in [2.45, 2.75) is 39.8 Å². The Balaban J connectivity index is 1.90. The van der Waals surface area contributed by atoms with E-state index in [-0.39, 0.29) is 0 Å². The first-order valence-corrected chi connectivity index (χ1v) is 8.25. The molecule has 0 saturated carbocycles. The van der Waals surface area contributed by atoms with Crippen LogP contribution in [0.15, 0.2) is 0 Å². The van der Waals surface area contributed by atoms with E-state index >= 15 is 0 Å². The second kappa shape index (κ2) is 5.87. The van der Waals surface area contributed by atoms with Gasteiger partial charge in [0, 0.05) is 17.5 Å². The van der Waals surface area contributed by atoms with Crippen molar-refractivity contribution in [3.63, 3.8) is 0 Å². The Hall–Kier alpha value is -1.24. The third-order valence-corrected chi connectivity index (χ3v) is 5.37. The number of nitrogens with two attached hydrogens (primary N) is 1. The summed E-state index contributed by atoms with van der Waals surface area (Å²) in [5.41, 5.74) is 7.36. The molecule has 1 aliphatic heterocycles. The van der Waals surface area contributed by atoms with Crippen LogP contribution in [0.1, 0.15) is 29.6 Å². The normalized spacial score (nSPS) is 20.2. The van der Waals surface area contributed by atoms with E-state index in [0.29, 0.717) is 11.9 Å². The van der Waals surface area contributed by atoms with Crippen LogP contribution in [0, 0.1) is 13.8 Å². The molecule has 0 radical (unpaired) electrons. The van der Waals surface area contributed by atoms with Gasteiger partial charge in [-0.2, -0.15) is 0 Å². The highest BCUT2D eigenvalue weighted by molar-refractivity contribution is 7.18. The Morgan fingerprint density at radius 2 is 2.19 bits per heavy atom. The van der Waals surface area contributed by atoms with E-state index in [1.165, 1.54) is 10.4 Å². The summed E-state index contributed by atoms with van der Waals surface area (Å²) in [4.78, 5) is 13.9. The zero-order valence-electron chi connectivity index (χ0n) is 12.8. The van der Waals surface area contributed by atoms with Crippen LogP contribution in [0.4, 0.5) is 5.82 Å². The van der Waals surface area contributed by atoms with Crippen LogP contribution in [0.5, 0.6) is 0 Å². The standard InChI is InChI=1S/C15H22N4OS/c1-4-11-8-20-6-5-19(11)7-12-17-14(16)13-9(2)10(3)21-15(13)18-12/h11H,4-8H2,1-3H3,(H2,16,17,18). The first-order valence-electron chi connectivity index (χ1n) is 7.44. The van der Waals surface area contributed by atoms with Crippen molar-refractivity contribution in [1.29, 1.82) is 0 Å². The number of fused-ring (bicyclic) bond motifs is 1. The van der Waals surface area contributed by atoms with Gasteiger partial charge in [-0.3, -0.25) is 4.90 Å². The number of aromatic nitrogens is 2. The smallest absolute Gasteiger partial charge is 0.146 e. The Morgan fingerprint density at radius 3 is 2.95 bits per heavy atom. The second-order valence-electron chi connectivity index (χ2n) is 5.60. The van der Waals surface area contributed by atoms with Gasteiger partial charge in [-0.25, -0.2) is 9.97 Å². The minimum Gasteiger partial charge on any atom is -0.383 e. The van der Waals surface area contributed by atoms with Gasteiger partial charge in [0.05, 0.1) is 25.1 Å². The molecule has 1 aliphatic rings. The summed E-state index contributed by atoms with van der Waals surface area (Å²) in [7, 11) is 0. The number of nitrogens with zero attached hydrogens (tertiary/aromatic N) is 3. The SMILES string of the molecule is CCC1COCCN1Cc1nc(N)c2c(C)c(C)sc2n1. The summed E-state index contributed by atoms with van der Waals surface area (Å²) in [5, 5.41) is 1.02. The van der Waals surface area contributed by atoms with Gasteiger partial charge < -0.3 is 10.5 Å². The number of aryl methyl sites for hydroxylation is 2. The molecule has 21 heavy (non-hydrogen) atoms. The lowest BCUT2D eigenvalue weighted by Crippen LogP contribution is -2.44. The van der Waals surface area contributed by atoms with E-state index in [4.69, 9.17) is 15.5 Å². The van der Waals surface area contributed by atoms with Crippen LogP contribution in [-0.4, -0.2) is 40.7 Å². The summed E-state index contributed by atoms with van der Waals surface area (Å²) in [5.74, 6) is 1.43. The van der Waals surface area contributed by atoms with Crippen LogP contribution >= 0.6 is 11.3 Å². The molecule has 114 valence electrons. The predicted octanol–water partition coefficient (Wildman–Crippen LogP) is 2.50. The molecule has 0 spiro atoms. The van der Waals surface area contributed by atoms with Crippen LogP contribution in [0.25, 0.3) is 10.2 Å². The molecular weight excluding hydrogens is 284 g/mol. The molecule has 1 atom stereocenters. The Morgan fingerprint density at radius 1 is 1.38 bits per heavy atom. The number of anilines is 1. The molecule has 1 unspecified atom stereocenters. The van der Waals surface area contributed by atoms with Crippen LogP contribution in [-0.2, 0) is 11.3 Å². The number of rotatable bonds is 3. The Bertz CT molecular complexity index is 655. The lowest BCUT2D eigenvalue weighted by atomic mass is 10.1. The van der Waals surface area contributed by atoms with Crippen molar-refractivity contribution < 1.29 is 4.74 Å². The summed E-state index contributed by atoms with van der Waals surface area (Å²) >= 11 is 1.70. The molecule has 3 rings (SSSR count). The van der Waals surface area contributed by atoms with Crippen molar-refractivity contribution in [3.8, 4) is 0 Å². The van der Waals surface area contributed by atoms with Gasteiger partial charge in [0.25, 0.3) is 0 Å². The van der Waals surface area contributed by atoms with Crippen molar-refractivity contribution in [1.82, 2.24) is 14.9 Å². The molecular formula is C15H22N4OS. The van der Waals surface area contributed by atoms with Gasteiger partial charge in [0.2, 0.25) is 0 Å². The fourth-order valence-electron chi connectivity index (χ4n) is 2.85. The largest absolute Gasteiger partial charge is 0.383 e. The third-order valence-electron chi connectivity index (χ3n) is 4.27. The van der Waals surface area contributed by atoms with Gasteiger partial charge in [0.1, 0.15) is 16.5 Å². The van der Waals surface area contributed by atoms with E-state index in [2.05, 4.69) is 30.7 Å². The predicted molar refractivity (Wildman–Crippen MR) is 86.6 cm³/mol. The van der Waals surface area contributed by atoms with Gasteiger partial charge >= 0.3 is 0 Å². The summed E-state index contributed by atoms with van der Waals surface area (Å²) in [6, 6.07) is 0.450. The lowest BCUT2D eigenvalue weighted by molar-refractivity contribution is -0.0137. The molecule has 3 heterocycles. The molecule has 1 fully saturated rings. The molecule has 2 N–H and O–H groups in total. The highest BCUT2D eigenvalue weighted by atomic mass is 32.1. The molecule has 0 aliphatic carbocycles. The molecule has 6 heteroatoms. The molecule has 5 nitrogen and oxygen atoms in total. The van der Waals surface area contributed by atoms with Gasteiger partial charge in [-0.15, -0.1) is 11.3 Å². The number of hydrogen-bond acceptors (Lipinski definition) is 6. The Labute approximate surface area is 129 Å². The van der Waals surface area contributed by atoms with Gasteiger partial charge in [-0.05, 0) is 25.8 Å². The maximum Gasteiger partial charge on any atom is 0.146 e. The van der Waals surface area contributed by atoms with E-state index in [0.717, 1.165) is 48.8 Å². The van der Waals surface area contributed by atoms with Gasteiger partial charge in [0.15, 0.2) is 0 Å². The van der Waals surface area contributed by atoms with Gasteiger partial charge in [-0.1, -0.05) is 6.92 Å². The lowest BCUT2D eigenvalue weighted by Gasteiger charge is -2.34. The monoisotopic (exact) mass is 306 g/mol. The summed E-state index contributed by atoms with van der Waals surface area (Å²) < 4.78 is 5.55. The zero-order valence-corrected chi connectivity index (χ0v) is 13.7. The average Bonchev–Trinajstić information content (AvgIpc) is 2.75. The topological polar surface area (TPSA) is 64.3 Å². The number of nitrogen functional groups attached to an aromatic ring is 1. The van der Waals surface area contributed by atoms with Crippen LogP contribution in [0.3, 0.4) is 0 Å². The molecule has 0 amide bonds. The quantitative estimate of drug-likeness (QED) is 0.944. The Kier molecular flexibility index (Phi) is 4.10. The van der Waals surface area contributed by atoms with Crippen molar-refractivity contribution in [2.24, 2.45) is 0 Å². The van der Waals surface area contributed by atoms with Crippen molar-refractivity contribution in [3.05, 3.63) is 16.3 Å². The van der Waals surface area contributed by atoms with E-state index in [1.807, 2.05) is 0 Å². The third kappa shape index (κ3) is 2.75.